The van der Waals surface area contributed by atoms with Gasteiger partial charge in [-0.2, -0.15) is 4.39 Å². The van der Waals surface area contributed by atoms with Crippen molar-refractivity contribution in [3.8, 4) is 11.5 Å². The third-order valence-corrected chi connectivity index (χ3v) is 2.69. The van der Waals surface area contributed by atoms with Crippen molar-refractivity contribution in [2.24, 2.45) is 0 Å². The molecule has 2 aromatic rings. The van der Waals surface area contributed by atoms with Crippen LogP contribution in [0.2, 0.25) is 5.02 Å². The van der Waals surface area contributed by atoms with Gasteiger partial charge in [-0.1, -0.05) is 23.7 Å². The van der Waals surface area contributed by atoms with E-state index >= 15 is 0 Å². The topological polar surface area (TPSA) is 35.5 Å². The fraction of sp³-hybridized carbons (Fsp3) is 0.0714. The molecule has 0 heterocycles. The Labute approximate surface area is 118 Å². The van der Waals surface area contributed by atoms with E-state index in [9.17, 15) is 13.6 Å². The van der Waals surface area contributed by atoms with Crippen molar-refractivity contribution in [3.63, 3.8) is 0 Å². The summed E-state index contributed by atoms with van der Waals surface area (Å²) in [7, 11) is 1.21. The van der Waals surface area contributed by atoms with Crippen molar-refractivity contribution in [3.05, 3.63) is 58.6 Å². The molecule has 2 aromatic carbocycles. The Bertz CT molecular complexity index is 659. The Morgan fingerprint density at radius 2 is 1.85 bits per heavy atom. The van der Waals surface area contributed by atoms with E-state index in [1.165, 1.54) is 19.2 Å². The van der Waals surface area contributed by atoms with E-state index in [4.69, 9.17) is 16.3 Å². The molecule has 0 bridgehead atoms. The first-order valence-electron chi connectivity index (χ1n) is 5.52. The van der Waals surface area contributed by atoms with Crippen LogP contribution in [-0.4, -0.2) is 13.1 Å². The summed E-state index contributed by atoms with van der Waals surface area (Å²) in [6.45, 7) is 0. The smallest absolute Gasteiger partial charge is 0.341 e. The van der Waals surface area contributed by atoms with Crippen LogP contribution in [0.3, 0.4) is 0 Å². The van der Waals surface area contributed by atoms with Gasteiger partial charge in [0.1, 0.15) is 11.3 Å². The van der Waals surface area contributed by atoms with Crippen LogP contribution < -0.4 is 4.74 Å². The molecule has 0 aromatic heterocycles. The average Bonchev–Trinajstić information content (AvgIpc) is 2.44. The van der Waals surface area contributed by atoms with Gasteiger partial charge in [0.2, 0.25) is 5.82 Å². The summed E-state index contributed by atoms with van der Waals surface area (Å²) in [5.74, 6) is -3.34. The van der Waals surface area contributed by atoms with E-state index in [0.717, 1.165) is 12.1 Å². The molecule has 20 heavy (non-hydrogen) atoms. The third-order valence-electron chi connectivity index (χ3n) is 2.47. The molecule has 6 heteroatoms. The van der Waals surface area contributed by atoms with Gasteiger partial charge in [0.25, 0.3) is 0 Å². The Balaban J connectivity index is 2.43. The summed E-state index contributed by atoms with van der Waals surface area (Å²) >= 11 is 5.64. The maximum absolute atomic E-state index is 13.6. The molecule has 0 saturated carbocycles. The van der Waals surface area contributed by atoms with Gasteiger partial charge < -0.3 is 9.47 Å². The summed E-state index contributed by atoms with van der Waals surface area (Å²) in [5.41, 5.74) is 0.0924. The summed E-state index contributed by atoms with van der Waals surface area (Å²) in [4.78, 5) is 11.5. The summed E-state index contributed by atoms with van der Waals surface area (Å²) in [5, 5.41) is -0.0190. The van der Waals surface area contributed by atoms with Crippen LogP contribution in [0.4, 0.5) is 8.78 Å². The lowest BCUT2D eigenvalue weighted by Gasteiger charge is -2.11. The van der Waals surface area contributed by atoms with Gasteiger partial charge in [-0.05, 0) is 18.2 Å². The molecule has 0 N–H and O–H groups in total. The summed E-state index contributed by atoms with van der Waals surface area (Å²) < 4.78 is 36.6. The zero-order valence-electron chi connectivity index (χ0n) is 10.3. The number of carbonyl (C=O) groups excluding carboxylic acids is 1. The number of benzene rings is 2. The number of rotatable bonds is 3. The van der Waals surface area contributed by atoms with Crippen LogP contribution in [0.15, 0.2) is 36.4 Å². The molecule has 2 rings (SSSR count). The molecule has 0 aliphatic rings. The zero-order chi connectivity index (χ0) is 14.7. The largest absolute Gasteiger partial charge is 0.465 e. The molecule has 3 nitrogen and oxygen atoms in total. The normalized spacial score (nSPS) is 10.2. The molecule has 0 unspecified atom stereocenters. The molecule has 0 atom stereocenters. The highest BCUT2D eigenvalue weighted by atomic mass is 35.5. The van der Waals surface area contributed by atoms with Crippen LogP contribution >= 0.6 is 11.6 Å². The van der Waals surface area contributed by atoms with Crippen LogP contribution in [0.5, 0.6) is 11.5 Å². The molecule has 0 amide bonds. The Hall–Kier alpha value is -2.14. The molecular weight excluding hydrogens is 290 g/mol. The second-order valence-corrected chi connectivity index (χ2v) is 4.23. The first kappa shape index (κ1) is 14.3. The zero-order valence-corrected chi connectivity index (χ0v) is 11.1. The molecule has 0 fully saturated rings. The van der Waals surface area contributed by atoms with E-state index in [1.807, 2.05) is 0 Å². The lowest BCUT2D eigenvalue weighted by atomic mass is 10.2. The number of methoxy groups -OCH3 is 1. The maximum Gasteiger partial charge on any atom is 0.341 e. The minimum atomic E-state index is -1.19. The second-order valence-electron chi connectivity index (χ2n) is 3.79. The van der Waals surface area contributed by atoms with E-state index < -0.39 is 23.4 Å². The monoisotopic (exact) mass is 298 g/mol. The Kier molecular flexibility index (Phi) is 4.20. The lowest BCUT2D eigenvalue weighted by Crippen LogP contribution is -2.04. The van der Waals surface area contributed by atoms with Crippen molar-refractivity contribution in [1.82, 2.24) is 0 Å². The van der Waals surface area contributed by atoms with Gasteiger partial charge in [-0.25, -0.2) is 9.18 Å². The van der Waals surface area contributed by atoms with Gasteiger partial charge >= 0.3 is 5.97 Å². The summed E-state index contributed by atoms with van der Waals surface area (Å²) in [6, 6.07) is 8.00. The molecule has 0 radical (unpaired) electrons. The first-order valence-corrected chi connectivity index (χ1v) is 5.90. The average molecular weight is 299 g/mol. The SMILES string of the molecule is COC(=O)c1ccccc1Oc1cc(Cl)cc(F)c1F. The first-order chi connectivity index (χ1) is 9.52. The second kappa shape index (κ2) is 5.88. The number of hydrogen-bond acceptors (Lipinski definition) is 3. The quantitative estimate of drug-likeness (QED) is 0.629. The summed E-state index contributed by atoms with van der Waals surface area (Å²) in [6.07, 6.45) is 0. The molecule has 104 valence electrons. The van der Waals surface area contributed by atoms with Gasteiger partial charge in [0, 0.05) is 11.1 Å². The van der Waals surface area contributed by atoms with Crippen molar-refractivity contribution in [1.29, 1.82) is 0 Å². The molecular formula is C14H9ClF2O3. The Morgan fingerprint density at radius 3 is 2.55 bits per heavy atom. The van der Waals surface area contributed by atoms with E-state index in [2.05, 4.69) is 4.74 Å². The van der Waals surface area contributed by atoms with Gasteiger partial charge in [0.15, 0.2) is 11.6 Å². The minimum absolute atomic E-state index is 0.0190. The van der Waals surface area contributed by atoms with Crippen molar-refractivity contribution in [2.45, 2.75) is 0 Å². The van der Waals surface area contributed by atoms with Crippen LogP contribution in [0.1, 0.15) is 10.4 Å². The van der Waals surface area contributed by atoms with Crippen LogP contribution in [-0.2, 0) is 4.74 Å². The number of halogens is 3. The highest BCUT2D eigenvalue weighted by Crippen LogP contribution is 2.31. The van der Waals surface area contributed by atoms with Crippen molar-refractivity contribution in [2.75, 3.05) is 7.11 Å². The van der Waals surface area contributed by atoms with Crippen molar-refractivity contribution >= 4 is 17.6 Å². The fourth-order valence-electron chi connectivity index (χ4n) is 1.56. The molecule has 0 aliphatic carbocycles. The Morgan fingerprint density at radius 1 is 1.15 bits per heavy atom. The molecule has 0 spiro atoms. The van der Waals surface area contributed by atoms with Crippen molar-refractivity contribution < 1.29 is 23.0 Å². The van der Waals surface area contributed by atoms with Gasteiger partial charge in [0.05, 0.1) is 7.11 Å². The number of hydrogen-bond donors (Lipinski definition) is 0. The minimum Gasteiger partial charge on any atom is -0.465 e. The van der Waals surface area contributed by atoms with E-state index in [1.54, 1.807) is 12.1 Å². The van der Waals surface area contributed by atoms with E-state index in [0.29, 0.717) is 0 Å². The predicted octanol–water partition coefficient (Wildman–Crippen LogP) is 4.20. The van der Waals surface area contributed by atoms with Gasteiger partial charge in [-0.15, -0.1) is 0 Å². The fourth-order valence-corrected chi connectivity index (χ4v) is 1.75. The van der Waals surface area contributed by atoms with E-state index in [-0.39, 0.29) is 16.3 Å². The lowest BCUT2D eigenvalue weighted by molar-refractivity contribution is 0.0598. The highest BCUT2D eigenvalue weighted by Gasteiger charge is 2.17. The number of esters is 1. The maximum atomic E-state index is 13.6. The van der Waals surface area contributed by atoms with Gasteiger partial charge in [-0.3, -0.25) is 0 Å². The predicted molar refractivity (Wildman–Crippen MR) is 69.2 cm³/mol. The van der Waals surface area contributed by atoms with Crippen LogP contribution in [0, 0.1) is 11.6 Å². The molecule has 0 aliphatic heterocycles. The number of ether oxygens (including phenoxy) is 2. The third kappa shape index (κ3) is 2.88. The number of para-hydroxylation sites is 1. The number of carbonyl (C=O) groups is 1. The standard InChI is InChI=1S/C14H9ClF2O3/c1-19-14(18)9-4-2-3-5-11(9)20-12-7-8(15)6-10(16)13(12)17/h2-7H,1H3. The van der Waals surface area contributed by atoms with Crippen LogP contribution in [0.25, 0.3) is 0 Å². The molecule has 0 saturated heterocycles. The highest BCUT2D eigenvalue weighted by molar-refractivity contribution is 6.30.